The predicted octanol–water partition coefficient (Wildman–Crippen LogP) is 0.612. The first-order valence-electron chi connectivity index (χ1n) is 8.08. The normalized spacial score (nSPS) is 15.9. The molecule has 0 saturated carbocycles. The molecule has 24 heavy (non-hydrogen) atoms. The fourth-order valence-corrected chi connectivity index (χ4v) is 3.04. The molecule has 0 bridgehead atoms. The highest BCUT2D eigenvalue weighted by Crippen LogP contribution is 2.17. The minimum absolute atomic E-state index is 0.00313. The van der Waals surface area contributed by atoms with Gasteiger partial charge >= 0.3 is 0 Å². The smallest absolute Gasteiger partial charge is 0.275 e. The van der Waals surface area contributed by atoms with Crippen molar-refractivity contribution in [2.75, 3.05) is 32.7 Å². The molecule has 0 unspecified atom stereocenters. The molecule has 1 aromatic carbocycles. The largest absolute Gasteiger partial charge is 0.335 e. The Hall–Kier alpha value is -2.74. The lowest BCUT2D eigenvalue weighted by molar-refractivity contribution is 0.0628. The minimum atomic E-state index is 0.00313. The van der Waals surface area contributed by atoms with Crippen molar-refractivity contribution in [1.82, 2.24) is 34.8 Å². The number of benzene rings is 1. The van der Waals surface area contributed by atoms with Crippen molar-refractivity contribution in [1.29, 1.82) is 0 Å². The zero-order chi connectivity index (χ0) is 16.4. The van der Waals surface area contributed by atoms with Crippen molar-refractivity contribution < 1.29 is 4.79 Å². The number of piperazine rings is 1. The molecule has 3 heterocycles. The van der Waals surface area contributed by atoms with Crippen molar-refractivity contribution in [2.45, 2.75) is 6.54 Å². The Labute approximate surface area is 139 Å². The van der Waals surface area contributed by atoms with E-state index in [1.807, 2.05) is 33.8 Å². The zero-order valence-electron chi connectivity index (χ0n) is 13.3. The van der Waals surface area contributed by atoms with E-state index >= 15 is 0 Å². The summed E-state index contributed by atoms with van der Waals surface area (Å²) in [7, 11) is 0. The predicted molar refractivity (Wildman–Crippen MR) is 88.5 cm³/mol. The van der Waals surface area contributed by atoms with E-state index in [9.17, 15) is 4.79 Å². The summed E-state index contributed by atoms with van der Waals surface area (Å²) in [5.74, 6) is 0.00313. The Bertz CT molecular complexity index is 818. The molecule has 8 nitrogen and oxygen atoms in total. The van der Waals surface area contributed by atoms with Crippen LogP contribution in [-0.4, -0.2) is 73.4 Å². The maximum absolute atomic E-state index is 12.7. The zero-order valence-corrected chi connectivity index (χ0v) is 13.3. The van der Waals surface area contributed by atoms with E-state index in [0.717, 1.165) is 50.2 Å². The number of para-hydroxylation sites is 1. The van der Waals surface area contributed by atoms with Gasteiger partial charge in [-0.05, 0) is 6.07 Å². The molecule has 1 saturated heterocycles. The number of fused-ring (bicyclic) bond motifs is 1. The Kier molecular flexibility index (Phi) is 3.96. The first-order valence-corrected chi connectivity index (χ1v) is 8.08. The number of hydrogen-bond donors (Lipinski definition) is 1. The van der Waals surface area contributed by atoms with E-state index < -0.39 is 0 Å². The molecule has 2 aromatic heterocycles. The molecule has 0 spiro atoms. The van der Waals surface area contributed by atoms with Crippen molar-refractivity contribution in [3.05, 3.63) is 42.6 Å². The van der Waals surface area contributed by atoms with E-state index in [-0.39, 0.29) is 5.91 Å². The molecule has 1 amide bonds. The van der Waals surface area contributed by atoms with E-state index in [1.165, 1.54) is 0 Å². The van der Waals surface area contributed by atoms with Crippen LogP contribution in [0.1, 0.15) is 10.5 Å². The SMILES string of the molecule is O=C(c1n[nH]c2ccccc12)N1CCN(CCn2cncn2)CC1. The summed E-state index contributed by atoms with van der Waals surface area (Å²) in [6, 6.07) is 7.72. The van der Waals surface area contributed by atoms with Gasteiger partial charge in [0.15, 0.2) is 5.69 Å². The number of carbonyl (C=O) groups is 1. The Morgan fingerprint density at radius 1 is 1.12 bits per heavy atom. The Morgan fingerprint density at radius 3 is 2.75 bits per heavy atom. The standard InChI is InChI=1S/C16H19N7O/c24-16(15-13-3-1-2-4-14(13)19-20-15)22-8-5-21(6-9-22)7-10-23-12-17-11-18-23/h1-4,11-12H,5-10H2,(H,19,20). The molecule has 1 N–H and O–H groups in total. The number of aromatic nitrogens is 5. The average molecular weight is 325 g/mol. The highest BCUT2D eigenvalue weighted by Gasteiger charge is 2.24. The molecule has 0 aliphatic carbocycles. The van der Waals surface area contributed by atoms with Gasteiger partial charge in [0.25, 0.3) is 5.91 Å². The van der Waals surface area contributed by atoms with Gasteiger partial charge in [0.1, 0.15) is 12.7 Å². The summed E-state index contributed by atoms with van der Waals surface area (Å²) in [4.78, 5) is 20.9. The van der Waals surface area contributed by atoms with Crippen molar-refractivity contribution in [2.24, 2.45) is 0 Å². The van der Waals surface area contributed by atoms with Gasteiger partial charge in [0, 0.05) is 38.1 Å². The van der Waals surface area contributed by atoms with Crippen LogP contribution in [-0.2, 0) is 6.54 Å². The van der Waals surface area contributed by atoms with Gasteiger partial charge in [-0.15, -0.1) is 0 Å². The summed E-state index contributed by atoms with van der Waals surface area (Å²) in [5.41, 5.74) is 1.41. The second-order valence-corrected chi connectivity index (χ2v) is 5.91. The van der Waals surface area contributed by atoms with Gasteiger partial charge in [-0.2, -0.15) is 10.2 Å². The van der Waals surface area contributed by atoms with E-state index in [0.29, 0.717) is 5.69 Å². The fourth-order valence-electron chi connectivity index (χ4n) is 3.04. The number of carbonyl (C=O) groups excluding carboxylic acids is 1. The van der Waals surface area contributed by atoms with Crippen LogP contribution in [0, 0.1) is 0 Å². The van der Waals surface area contributed by atoms with Crippen LogP contribution in [0.15, 0.2) is 36.9 Å². The summed E-state index contributed by atoms with van der Waals surface area (Å²) < 4.78 is 1.83. The third kappa shape index (κ3) is 2.88. The number of H-pyrrole nitrogens is 1. The van der Waals surface area contributed by atoms with Crippen LogP contribution in [0.5, 0.6) is 0 Å². The lowest BCUT2D eigenvalue weighted by Gasteiger charge is -2.34. The molecule has 1 aliphatic heterocycles. The maximum Gasteiger partial charge on any atom is 0.275 e. The Morgan fingerprint density at radius 2 is 1.96 bits per heavy atom. The highest BCUT2D eigenvalue weighted by atomic mass is 16.2. The molecule has 1 fully saturated rings. The van der Waals surface area contributed by atoms with Crippen LogP contribution in [0.25, 0.3) is 10.9 Å². The van der Waals surface area contributed by atoms with Gasteiger partial charge in [-0.3, -0.25) is 19.5 Å². The number of hydrogen-bond acceptors (Lipinski definition) is 5. The molecular formula is C16H19N7O. The summed E-state index contributed by atoms with van der Waals surface area (Å²) in [5, 5.41) is 12.1. The molecule has 124 valence electrons. The third-order valence-electron chi connectivity index (χ3n) is 4.44. The third-order valence-corrected chi connectivity index (χ3v) is 4.44. The fraction of sp³-hybridized carbons (Fsp3) is 0.375. The minimum Gasteiger partial charge on any atom is -0.335 e. The van der Waals surface area contributed by atoms with Gasteiger partial charge in [0.05, 0.1) is 12.1 Å². The molecule has 0 radical (unpaired) electrons. The van der Waals surface area contributed by atoms with E-state index in [4.69, 9.17) is 0 Å². The summed E-state index contributed by atoms with van der Waals surface area (Å²) in [6.45, 7) is 4.90. The number of nitrogens with one attached hydrogen (secondary N) is 1. The number of rotatable bonds is 4. The molecule has 8 heteroatoms. The second kappa shape index (κ2) is 6.40. The van der Waals surface area contributed by atoms with E-state index in [1.54, 1.807) is 12.7 Å². The summed E-state index contributed by atoms with van der Waals surface area (Å²) in [6.07, 6.45) is 3.27. The number of amides is 1. The average Bonchev–Trinajstić information content (AvgIpc) is 3.29. The summed E-state index contributed by atoms with van der Waals surface area (Å²) >= 11 is 0. The highest BCUT2D eigenvalue weighted by molar-refractivity contribution is 6.04. The molecule has 0 atom stereocenters. The van der Waals surface area contributed by atoms with Crippen LogP contribution < -0.4 is 0 Å². The first-order chi connectivity index (χ1) is 11.8. The lowest BCUT2D eigenvalue weighted by Crippen LogP contribution is -2.49. The first kappa shape index (κ1) is 14.8. The van der Waals surface area contributed by atoms with Crippen LogP contribution >= 0.6 is 0 Å². The van der Waals surface area contributed by atoms with Crippen LogP contribution in [0.4, 0.5) is 0 Å². The van der Waals surface area contributed by atoms with E-state index in [2.05, 4.69) is 25.2 Å². The van der Waals surface area contributed by atoms with Gasteiger partial charge in [-0.1, -0.05) is 18.2 Å². The molecule has 3 aromatic rings. The second-order valence-electron chi connectivity index (χ2n) is 5.91. The van der Waals surface area contributed by atoms with Gasteiger partial charge in [-0.25, -0.2) is 4.98 Å². The molecule has 4 rings (SSSR count). The molecular weight excluding hydrogens is 306 g/mol. The van der Waals surface area contributed by atoms with Gasteiger partial charge < -0.3 is 4.90 Å². The van der Waals surface area contributed by atoms with Crippen molar-refractivity contribution in [3.8, 4) is 0 Å². The lowest BCUT2D eigenvalue weighted by atomic mass is 10.2. The quantitative estimate of drug-likeness (QED) is 0.760. The maximum atomic E-state index is 12.7. The molecule has 1 aliphatic rings. The van der Waals surface area contributed by atoms with Crippen LogP contribution in [0.2, 0.25) is 0 Å². The van der Waals surface area contributed by atoms with Crippen LogP contribution in [0.3, 0.4) is 0 Å². The van der Waals surface area contributed by atoms with Crippen molar-refractivity contribution >= 4 is 16.8 Å². The van der Waals surface area contributed by atoms with Gasteiger partial charge in [0.2, 0.25) is 0 Å². The topological polar surface area (TPSA) is 82.9 Å². The Balaban J connectivity index is 1.36. The number of aromatic amines is 1. The monoisotopic (exact) mass is 325 g/mol. The van der Waals surface area contributed by atoms with Crippen molar-refractivity contribution in [3.63, 3.8) is 0 Å². The number of nitrogens with zero attached hydrogens (tertiary/aromatic N) is 6.